The van der Waals surface area contributed by atoms with Crippen molar-refractivity contribution in [2.24, 2.45) is 5.41 Å². The minimum absolute atomic E-state index is 0.0185. The number of nitrogen functional groups attached to an aromatic ring is 1. The van der Waals surface area contributed by atoms with E-state index in [0.717, 1.165) is 6.07 Å². The van der Waals surface area contributed by atoms with Crippen molar-refractivity contribution in [2.75, 3.05) is 11.1 Å². The zero-order valence-corrected chi connectivity index (χ0v) is 9.80. The van der Waals surface area contributed by atoms with Crippen LogP contribution in [0.3, 0.4) is 0 Å². The zero-order valence-electron chi connectivity index (χ0n) is 9.80. The van der Waals surface area contributed by atoms with E-state index in [2.05, 4.69) is 5.32 Å². The van der Waals surface area contributed by atoms with Crippen LogP contribution in [0.2, 0.25) is 0 Å². The van der Waals surface area contributed by atoms with Crippen molar-refractivity contribution in [1.29, 1.82) is 0 Å². The van der Waals surface area contributed by atoms with E-state index in [0.29, 0.717) is 6.42 Å². The lowest BCUT2D eigenvalue weighted by Crippen LogP contribution is -2.57. The summed E-state index contributed by atoms with van der Waals surface area (Å²) >= 11 is 0. The highest BCUT2D eigenvalue weighted by Crippen LogP contribution is 2.43. The molecule has 2 unspecified atom stereocenters. The van der Waals surface area contributed by atoms with Gasteiger partial charge in [-0.1, -0.05) is 13.8 Å². The summed E-state index contributed by atoms with van der Waals surface area (Å²) in [4.78, 5) is 0. The third-order valence-corrected chi connectivity index (χ3v) is 3.66. The number of halogens is 2. The van der Waals surface area contributed by atoms with Crippen molar-refractivity contribution in [3.63, 3.8) is 0 Å². The van der Waals surface area contributed by atoms with E-state index in [9.17, 15) is 13.9 Å². The third kappa shape index (κ3) is 1.84. The molecule has 2 atom stereocenters. The minimum atomic E-state index is -0.970. The Balaban J connectivity index is 2.23. The summed E-state index contributed by atoms with van der Waals surface area (Å²) in [5.41, 5.74) is 5.39. The molecule has 0 heterocycles. The molecule has 1 aromatic carbocycles. The molecule has 0 radical (unpaired) electrons. The molecule has 1 saturated carbocycles. The Labute approximate surface area is 98.6 Å². The minimum Gasteiger partial charge on any atom is -0.397 e. The molecule has 1 fully saturated rings. The van der Waals surface area contributed by atoms with Gasteiger partial charge in [-0.05, 0) is 18.6 Å². The smallest absolute Gasteiger partial charge is 0.183 e. The fraction of sp³-hybridized carbons (Fsp3) is 0.500. The second-order valence-electron chi connectivity index (χ2n) is 5.10. The third-order valence-electron chi connectivity index (χ3n) is 3.66. The Hall–Kier alpha value is -1.36. The van der Waals surface area contributed by atoms with Crippen LogP contribution in [-0.4, -0.2) is 17.3 Å². The number of benzene rings is 1. The predicted octanol–water partition coefficient (Wildman–Crippen LogP) is 2.12. The van der Waals surface area contributed by atoms with Gasteiger partial charge < -0.3 is 16.2 Å². The topological polar surface area (TPSA) is 58.3 Å². The van der Waals surface area contributed by atoms with Crippen molar-refractivity contribution >= 4 is 11.4 Å². The van der Waals surface area contributed by atoms with E-state index in [4.69, 9.17) is 5.73 Å². The van der Waals surface area contributed by atoms with Gasteiger partial charge in [-0.2, -0.15) is 0 Å². The van der Waals surface area contributed by atoms with Crippen LogP contribution in [0.15, 0.2) is 12.1 Å². The number of aliphatic hydroxyl groups excluding tert-OH is 1. The molecule has 3 nitrogen and oxygen atoms in total. The molecule has 0 saturated heterocycles. The molecule has 4 N–H and O–H groups in total. The molecule has 1 aromatic rings. The summed E-state index contributed by atoms with van der Waals surface area (Å²) in [6.07, 6.45) is 0.0698. The number of hydrogen-bond acceptors (Lipinski definition) is 3. The average molecular weight is 242 g/mol. The first kappa shape index (κ1) is 12.1. The number of nitrogens with one attached hydrogen (secondary N) is 1. The van der Waals surface area contributed by atoms with Crippen LogP contribution in [0.4, 0.5) is 20.2 Å². The summed E-state index contributed by atoms with van der Waals surface area (Å²) in [7, 11) is 0. The Bertz CT molecular complexity index is 448. The molecule has 0 bridgehead atoms. The highest BCUT2D eigenvalue weighted by Gasteiger charge is 2.47. The Morgan fingerprint density at radius 2 is 2.06 bits per heavy atom. The first-order valence-corrected chi connectivity index (χ1v) is 5.52. The summed E-state index contributed by atoms with van der Waals surface area (Å²) in [6, 6.07) is 2.20. The molecule has 0 aromatic heterocycles. The first-order chi connectivity index (χ1) is 7.84. The van der Waals surface area contributed by atoms with Gasteiger partial charge in [0, 0.05) is 11.5 Å². The fourth-order valence-electron chi connectivity index (χ4n) is 2.03. The molecule has 17 heavy (non-hydrogen) atoms. The second-order valence-corrected chi connectivity index (χ2v) is 5.10. The van der Waals surface area contributed by atoms with Gasteiger partial charge in [-0.3, -0.25) is 0 Å². The van der Waals surface area contributed by atoms with Crippen molar-refractivity contribution in [2.45, 2.75) is 32.4 Å². The number of nitrogens with two attached hydrogens (primary N) is 1. The lowest BCUT2D eigenvalue weighted by atomic mass is 9.64. The summed E-state index contributed by atoms with van der Waals surface area (Å²) < 4.78 is 26.6. The number of anilines is 2. The summed E-state index contributed by atoms with van der Waals surface area (Å²) in [6.45, 7) is 3.73. The zero-order chi connectivity index (χ0) is 12.8. The highest BCUT2D eigenvalue weighted by atomic mass is 19.2. The molecule has 5 heteroatoms. The van der Waals surface area contributed by atoms with E-state index in [1.165, 1.54) is 6.07 Å². The van der Waals surface area contributed by atoms with Crippen LogP contribution in [0.25, 0.3) is 0 Å². The molecular formula is C12H16F2N2O. The summed E-state index contributed by atoms with van der Waals surface area (Å²) in [5, 5.41) is 12.5. The van der Waals surface area contributed by atoms with Crippen molar-refractivity contribution in [3.8, 4) is 0 Å². The Kier molecular flexibility index (Phi) is 2.73. The van der Waals surface area contributed by atoms with Gasteiger partial charge in [-0.15, -0.1) is 0 Å². The van der Waals surface area contributed by atoms with E-state index in [1.54, 1.807) is 0 Å². The van der Waals surface area contributed by atoms with Crippen LogP contribution in [0.5, 0.6) is 0 Å². The van der Waals surface area contributed by atoms with Crippen molar-refractivity contribution in [1.82, 2.24) is 0 Å². The van der Waals surface area contributed by atoms with E-state index in [1.807, 2.05) is 13.8 Å². The van der Waals surface area contributed by atoms with Crippen LogP contribution in [0, 0.1) is 17.0 Å². The molecule has 0 amide bonds. The van der Waals surface area contributed by atoms with Gasteiger partial charge in [0.1, 0.15) is 0 Å². The van der Waals surface area contributed by atoms with Gasteiger partial charge >= 0.3 is 0 Å². The van der Waals surface area contributed by atoms with Crippen LogP contribution >= 0.6 is 0 Å². The monoisotopic (exact) mass is 242 g/mol. The number of hydrogen-bond donors (Lipinski definition) is 3. The molecule has 1 aliphatic carbocycles. The first-order valence-electron chi connectivity index (χ1n) is 5.52. The molecule has 0 aliphatic heterocycles. The predicted molar refractivity (Wildman–Crippen MR) is 62.6 cm³/mol. The van der Waals surface area contributed by atoms with Gasteiger partial charge in [-0.25, -0.2) is 8.78 Å². The van der Waals surface area contributed by atoms with E-state index in [-0.39, 0.29) is 22.8 Å². The van der Waals surface area contributed by atoms with E-state index >= 15 is 0 Å². The Morgan fingerprint density at radius 3 is 2.59 bits per heavy atom. The quantitative estimate of drug-likeness (QED) is 0.696. The van der Waals surface area contributed by atoms with Crippen LogP contribution < -0.4 is 11.1 Å². The lowest BCUT2D eigenvalue weighted by Gasteiger charge is -2.50. The SMILES string of the molecule is CC1(C)C(O)CC1Nc1c(N)ccc(F)c1F. The standard InChI is InChI=1S/C12H16F2N2O/c1-12(2)8(5-9(12)17)16-11-7(15)4-3-6(13)10(11)14/h3-4,8-9,16-17H,5,15H2,1-2H3. The second kappa shape index (κ2) is 3.84. The van der Waals surface area contributed by atoms with Crippen LogP contribution in [-0.2, 0) is 0 Å². The maximum Gasteiger partial charge on any atom is 0.183 e. The molecular weight excluding hydrogens is 226 g/mol. The largest absolute Gasteiger partial charge is 0.397 e. The fourth-order valence-corrected chi connectivity index (χ4v) is 2.03. The lowest BCUT2D eigenvalue weighted by molar-refractivity contribution is -0.0511. The highest BCUT2D eigenvalue weighted by molar-refractivity contribution is 5.67. The molecule has 1 aliphatic rings. The van der Waals surface area contributed by atoms with Crippen LogP contribution in [0.1, 0.15) is 20.3 Å². The maximum atomic E-state index is 13.6. The van der Waals surface area contributed by atoms with Gasteiger partial charge in [0.15, 0.2) is 11.6 Å². The number of aliphatic hydroxyl groups is 1. The molecule has 94 valence electrons. The normalized spacial score (nSPS) is 26.4. The van der Waals surface area contributed by atoms with Gasteiger partial charge in [0.05, 0.1) is 17.5 Å². The molecule has 2 rings (SSSR count). The molecule has 0 spiro atoms. The van der Waals surface area contributed by atoms with Gasteiger partial charge in [0.25, 0.3) is 0 Å². The van der Waals surface area contributed by atoms with Crippen molar-refractivity contribution in [3.05, 3.63) is 23.8 Å². The average Bonchev–Trinajstić information content (AvgIpc) is 2.28. The van der Waals surface area contributed by atoms with Gasteiger partial charge in [0.2, 0.25) is 0 Å². The van der Waals surface area contributed by atoms with Crippen molar-refractivity contribution < 1.29 is 13.9 Å². The summed E-state index contributed by atoms with van der Waals surface area (Å²) in [5.74, 6) is -1.90. The van der Waals surface area contributed by atoms with E-state index < -0.39 is 17.7 Å². The maximum absolute atomic E-state index is 13.6. The Morgan fingerprint density at radius 1 is 1.41 bits per heavy atom. The number of rotatable bonds is 2.